The number of nitrogens with zero attached hydrogens (tertiary/aromatic N) is 1. The van der Waals surface area contributed by atoms with E-state index in [1.165, 1.54) is 0 Å². The first-order valence-electron chi connectivity index (χ1n) is 9.87. The number of likely N-dealkylation sites (N-methyl/N-ethyl adjacent to an activating group) is 1. The molecular weight excluding hydrogens is 390 g/mol. The zero-order valence-corrected chi connectivity index (χ0v) is 17.6. The standard InChI is InChI=1S/C22H28ClN3O3/c1-3-26-11-12-29-18(15-26)14-24-21(16-7-5-4-6-8-16)22(27)25-17-9-10-20(28-2)19(23)13-17/h4-10,13,18,21,24H,3,11-12,14-15H2,1-2H3,(H,25,27). The predicted molar refractivity (Wildman–Crippen MR) is 116 cm³/mol. The van der Waals surface area contributed by atoms with Crippen LogP contribution in [-0.2, 0) is 9.53 Å². The van der Waals surface area contributed by atoms with E-state index in [2.05, 4.69) is 22.5 Å². The third-order valence-corrected chi connectivity index (χ3v) is 5.33. The molecule has 0 aliphatic carbocycles. The summed E-state index contributed by atoms with van der Waals surface area (Å²) in [5.41, 5.74) is 1.52. The van der Waals surface area contributed by atoms with Crippen molar-refractivity contribution in [3.05, 3.63) is 59.1 Å². The van der Waals surface area contributed by atoms with Crippen molar-refractivity contribution in [3.63, 3.8) is 0 Å². The Hall–Kier alpha value is -2.12. The topological polar surface area (TPSA) is 62.8 Å². The number of nitrogens with one attached hydrogen (secondary N) is 2. The lowest BCUT2D eigenvalue weighted by Crippen LogP contribution is -2.48. The number of carbonyl (C=O) groups excluding carboxylic acids is 1. The van der Waals surface area contributed by atoms with Gasteiger partial charge < -0.3 is 14.8 Å². The van der Waals surface area contributed by atoms with E-state index in [1.807, 2.05) is 30.3 Å². The highest BCUT2D eigenvalue weighted by molar-refractivity contribution is 6.32. The fraction of sp³-hybridized carbons (Fsp3) is 0.409. The summed E-state index contributed by atoms with van der Waals surface area (Å²) in [5.74, 6) is 0.415. The third-order valence-electron chi connectivity index (χ3n) is 5.03. The summed E-state index contributed by atoms with van der Waals surface area (Å²) in [7, 11) is 1.56. The van der Waals surface area contributed by atoms with Crippen LogP contribution in [0.15, 0.2) is 48.5 Å². The van der Waals surface area contributed by atoms with Gasteiger partial charge in [0.05, 0.1) is 24.8 Å². The number of carbonyl (C=O) groups is 1. The van der Waals surface area contributed by atoms with Gasteiger partial charge in [-0.15, -0.1) is 0 Å². The highest BCUT2D eigenvalue weighted by Crippen LogP contribution is 2.28. The molecule has 3 rings (SSSR count). The molecule has 2 aromatic carbocycles. The van der Waals surface area contributed by atoms with Crippen LogP contribution in [0.2, 0.25) is 5.02 Å². The molecular formula is C22H28ClN3O3. The van der Waals surface area contributed by atoms with Crippen LogP contribution in [0, 0.1) is 0 Å². The second kappa shape index (κ2) is 10.6. The molecule has 1 amide bonds. The molecule has 2 aromatic rings. The Balaban J connectivity index is 1.70. The van der Waals surface area contributed by atoms with E-state index in [0.717, 1.165) is 25.2 Å². The Kier molecular flexibility index (Phi) is 7.89. The molecule has 2 unspecified atom stereocenters. The van der Waals surface area contributed by atoms with Gasteiger partial charge in [-0.2, -0.15) is 0 Å². The van der Waals surface area contributed by atoms with E-state index in [4.69, 9.17) is 21.1 Å². The van der Waals surface area contributed by atoms with E-state index in [9.17, 15) is 4.79 Å². The lowest BCUT2D eigenvalue weighted by Gasteiger charge is -2.33. The number of benzene rings is 2. The van der Waals surface area contributed by atoms with Gasteiger partial charge in [0.25, 0.3) is 0 Å². The summed E-state index contributed by atoms with van der Waals surface area (Å²) < 4.78 is 11.0. The van der Waals surface area contributed by atoms with Crippen molar-refractivity contribution < 1.29 is 14.3 Å². The second-order valence-corrected chi connectivity index (χ2v) is 7.38. The molecule has 1 aliphatic rings. The molecule has 1 saturated heterocycles. The van der Waals surface area contributed by atoms with Crippen molar-refractivity contribution in [2.24, 2.45) is 0 Å². The zero-order chi connectivity index (χ0) is 20.6. The van der Waals surface area contributed by atoms with Crippen LogP contribution >= 0.6 is 11.6 Å². The van der Waals surface area contributed by atoms with Crippen molar-refractivity contribution in [2.75, 3.05) is 45.2 Å². The third kappa shape index (κ3) is 5.93. The summed E-state index contributed by atoms with van der Waals surface area (Å²) >= 11 is 6.19. The number of ether oxygens (including phenoxy) is 2. The largest absolute Gasteiger partial charge is 0.495 e. The van der Waals surface area contributed by atoms with Gasteiger partial charge in [0.1, 0.15) is 11.8 Å². The van der Waals surface area contributed by atoms with Crippen LogP contribution in [0.3, 0.4) is 0 Å². The maximum absolute atomic E-state index is 13.1. The van der Waals surface area contributed by atoms with Crippen LogP contribution in [-0.4, -0.2) is 56.8 Å². The van der Waals surface area contributed by atoms with Crippen molar-refractivity contribution in [2.45, 2.75) is 19.1 Å². The number of halogens is 1. The Bertz CT molecular complexity index is 803. The number of amides is 1. The lowest BCUT2D eigenvalue weighted by atomic mass is 10.1. The minimum Gasteiger partial charge on any atom is -0.495 e. The normalized spacial score (nSPS) is 18.2. The van der Waals surface area contributed by atoms with E-state index in [0.29, 0.717) is 29.6 Å². The Morgan fingerprint density at radius 2 is 2.10 bits per heavy atom. The summed E-state index contributed by atoms with van der Waals surface area (Å²) in [6, 6.07) is 14.4. The van der Waals surface area contributed by atoms with Gasteiger partial charge in [0.15, 0.2) is 0 Å². The average Bonchev–Trinajstić information content (AvgIpc) is 2.75. The van der Waals surface area contributed by atoms with Gasteiger partial charge in [-0.1, -0.05) is 48.9 Å². The summed E-state index contributed by atoms with van der Waals surface area (Å²) in [4.78, 5) is 15.4. The van der Waals surface area contributed by atoms with Crippen LogP contribution in [0.1, 0.15) is 18.5 Å². The smallest absolute Gasteiger partial charge is 0.246 e. The van der Waals surface area contributed by atoms with Gasteiger partial charge in [-0.3, -0.25) is 15.0 Å². The van der Waals surface area contributed by atoms with Crippen LogP contribution in [0.25, 0.3) is 0 Å². The molecule has 1 aliphatic heterocycles. The minimum absolute atomic E-state index is 0.0538. The molecule has 1 fully saturated rings. The molecule has 0 aromatic heterocycles. The molecule has 0 radical (unpaired) electrons. The van der Waals surface area contributed by atoms with Gasteiger partial charge in [-0.05, 0) is 30.3 Å². The highest BCUT2D eigenvalue weighted by atomic mass is 35.5. The SMILES string of the molecule is CCN1CCOC(CNC(C(=O)Nc2ccc(OC)c(Cl)c2)c2ccccc2)C1. The Morgan fingerprint density at radius 3 is 2.79 bits per heavy atom. The van der Waals surface area contributed by atoms with Gasteiger partial charge in [-0.25, -0.2) is 0 Å². The van der Waals surface area contributed by atoms with Gasteiger partial charge in [0.2, 0.25) is 5.91 Å². The summed E-state index contributed by atoms with van der Waals surface area (Å²) in [6.45, 7) is 6.27. The lowest BCUT2D eigenvalue weighted by molar-refractivity contribution is -0.118. The highest BCUT2D eigenvalue weighted by Gasteiger charge is 2.24. The molecule has 0 saturated carbocycles. The number of anilines is 1. The van der Waals surface area contributed by atoms with Crippen LogP contribution < -0.4 is 15.4 Å². The quantitative estimate of drug-likeness (QED) is 0.689. The maximum Gasteiger partial charge on any atom is 0.246 e. The molecule has 29 heavy (non-hydrogen) atoms. The molecule has 2 atom stereocenters. The molecule has 156 valence electrons. The van der Waals surface area contributed by atoms with Crippen molar-refractivity contribution in [1.82, 2.24) is 10.2 Å². The van der Waals surface area contributed by atoms with Gasteiger partial charge in [0, 0.05) is 25.3 Å². The van der Waals surface area contributed by atoms with E-state index in [-0.39, 0.29) is 12.0 Å². The number of morpholine rings is 1. The number of hydrogen-bond acceptors (Lipinski definition) is 5. The first-order chi connectivity index (χ1) is 14.1. The predicted octanol–water partition coefficient (Wildman–Crippen LogP) is 3.34. The fourth-order valence-electron chi connectivity index (χ4n) is 3.41. The van der Waals surface area contributed by atoms with E-state index >= 15 is 0 Å². The van der Waals surface area contributed by atoms with Crippen molar-refractivity contribution in [1.29, 1.82) is 0 Å². The first-order valence-corrected chi connectivity index (χ1v) is 10.2. The average molecular weight is 418 g/mol. The van der Waals surface area contributed by atoms with E-state index < -0.39 is 6.04 Å². The van der Waals surface area contributed by atoms with Gasteiger partial charge >= 0.3 is 0 Å². The summed E-state index contributed by atoms with van der Waals surface area (Å²) in [5, 5.41) is 6.78. The van der Waals surface area contributed by atoms with Crippen LogP contribution in [0.5, 0.6) is 5.75 Å². The number of methoxy groups -OCH3 is 1. The Labute approximate surface area is 177 Å². The van der Waals surface area contributed by atoms with Crippen molar-refractivity contribution in [3.8, 4) is 5.75 Å². The number of hydrogen-bond donors (Lipinski definition) is 2. The molecule has 1 heterocycles. The number of rotatable bonds is 8. The first kappa shape index (κ1) is 21.6. The molecule has 2 N–H and O–H groups in total. The maximum atomic E-state index is 13.1. The molecule has 0 bridgehead atoms. The van der Waals surface area contributed by atoms with E-state index in [1.54, 1.807) is 25.3 Å². The zero-order valence-electron chi connectivity index (χ0n) is 16.9. The molecule has 0 spiro atoms. The van der Waals surface area contributed by atoms with Crippen LogP contribution in [0.4, 0.5) is 5.69 Å². The summed E-state index contributed by atoms with van der Waals surface area (Å²) in [6.07, 6.45) is 0.0538. The molecule has 6 nitrogen and oxygen atoms in total. The minimum atomic E-state index is -0.502. The Morgan fingerprint density at radius 1 is 1.31 bits per heavy atom. The monoisotopic (exact) mass is 417 g/mol. The van der Waals surface area contributed by atoms with Crippen molar-refractivity contribution >= 4 is 23.2 Å². The fourth-order valence-corrected chi connectivity index (χ4v) is 3.66. The molecule has 7 heteroatoms. The second-order valence-electron chi connectivity index (χ2n) is 6.98.